The lowest BCUT2D eigenvalue weighted by molar-refractivity contribution is -0.143. The van der Waals surface area contributed by atoms with Gasteiger partial charge >= 0.3 is 0 Å². The predicted octanol–water partition coefficient (Wildman–Crippen LogP) is 4.92. The summed E-state index contributed by atoms with van der Waals surface area (Å²) in [7, 11) is 1.61. The maximum atomic E-state index is 13.4. The fraction of sp³-hybridized carbons (Fsp3) is 0.481. The third kappa shape index (κ3) is 7.52. The molecule has 0 bridgehead atoms. The molecular formula is C27H38N2O4. The average Bonchev–Trinajstić information content (AvgIpc) is 2.82. The minimum atomic E-state index is -0.596. The highest BCUT2D eigenvalue weighted by atomic mass is 16.5. The highest BCUT2D eigenvalue weighted by Gasteiger charge is 2.29. The molecule has 0 fully saturated rings. The lowest BCUT2D eigenvalue weighted by atomic mass is 10.0. The maximum Gasteiger partial charge on any atom is 0.261 e. The van der Waals surface area contributed by atoms with E-state index in [1.54, 1.807) is 12.0 Å². The molecule has 0 saturated heterocycles. The smallest absolute Gasteiger partial charge is 0.261 e. The number of nitrogens with one attached hydrogen (secondary N) is 1. The van der Waals surface area contributed by atoms with E-state index < -0.39 is 6.04 Å². The van der Waals surface area contributed by atoms with Gasteiger partial charge in [-0.3, -0.25) is 9.59 Å². The minimum absolute atomic E-state index is 0.0366. The third-order valence-corrected chi connectivity index (χ3v) is 5.77. The topological polar surface area (TPSA) is 67.9 Å². The van der Waals surface area contributed by atoms with Gasteiger partial charge in [0, 0.05) is 12.6 Å². The Morgan fingerprint density at radius 2 is 1.73 bits per heavy atom. The second kappa shape index (κ2) is 12.9. The molecule has 33 heavy (non-hydrogen) atoms. The minimum Gasteiger partial charge on any atom is -0.497 e. The van der Waals surface area contributed by atoms with Crippen molar-refractivity contribution in [3.05, 3.63) is 59.7 Å². The zero-order chi connectivity index (χ0) is 24.4. The first kappa shape index (κ1) is 26.2. The molecule has 1 N–H and O–H groups in total. The fourth-order valence-corrected chi connectivity index (χ4v) is 3.64. The first-order chi connectivity index (χ1) is 15.8. The number of amides is 2. The maximum absolute atomic E-state index is 13.4. The van der Waals surface area contributed by atoms with Gasteiger partial charge in [0.05, 0.1) is 7.11 Å². The number of benzene rings is 2. The van der Waals surface area contributed by atoms with Gasteiger partial charge in [0.15, 0.2) is 6.61 Å². The van der Waals surface area contributed by atoms with E-state index in [0.29, 0.717) is 17.9 Å². The third-order valence-electron chi connectivity index (χ3n) is 5.77. The molecule has 2 unspecified atom stereocenters. The summed E-state index contributed by atoms with van der Waals surface area (Å²) in [6, 6.07) is 14.7. The van der Waals surface area contributed by atoms with Crippen LogP contribution in [-0.4, -0.2) is 42.5 Å². The number of hydrogen-bond acceptors (Lipinski definition) is 4. The zero-order valence-corrected chi connectivity index (χ0v) is 20.8. The molecule has 2 rings (SSSR count). The van der Waals surface area contributed by atoms with Crippen molar-refractivity contribution < 1.29 is 19.1 Å². The number of hydrogen-bond donors (Lipinski definition) is 1. The summed E-state index contributed by atoms with van der Waals surface area (Å²) in [5, 5.41) is 3.02. The highest BCUT2D eigenvalue weighted by Crippen LogP contribution is 2.26. The lowest BCUT2D eigenvalue weighted by Crippen LogP contribution is -2.51. The second-order valence-corrected chi connectivity index (χ2v) is 8.60. The van der Waals surface area contributed by atoms with Crippen LogP contribution in [0.3, 0.4) is 0 Å². The predicted molar refractivity (Wildman–Crippen MR) is 132 cm³/mol. The monoisotopic (exact) mass is 454 g/mol. The van der Waals surface area contributed by atoms with Crippen molar-refractivity contribution in [2.75, 3.05) is 13.7 Å². The fourth-order valence-electron chi connectivity index (χ4n) is 3.64. The van der Waals surface area contributed by atoms with E-state index in [4.69, 9.17) is 9.47 Å². The first-order valence-corrected chi connectivity index (χ1v) is 11.7. The average molecular weight is 455 g/mol. The molecule has 2 aromatic carbocycles. The summed E-state index contributed by atoms with van der Waals surface area (Å²) >= 11 is 0. The molecule has 0 aliphatic heterocycles. The highest BCUT2D eigenvalue weighted by molar-refractivity contribution is 5.88. The molecule has 0 aliphatic carbocycles. The van der Waals surface area contributed by atoms with Gasteiger partial charge in [-0.05, 0) is 55.0 Å². The van der Waals surface area contributed by atoms with Crippen LogP contribution >= 0.6 is 0 Å². The van der Waals surface area contributed by atoms with Crippen molar-refractivity contribution >= 4 is 11.8 Å². The molecule has 6 nitrogen and oxygen atoms in total. The Morgan fingerprint density at radius 1 is 1.00 bits per heavy atom. The Hall–Kier alpha value is -3.02. The van der Waals surface area contributed by atoms with Crippen LogP contribution in [0.5, 0.6) is 11.5 Å². The van der Waals surface area contributed by atoms with E-state index in [2.05, 4.69) is 19.2 Å². The van der Waals surface area contributed by atoms with Gasteiger partial charge in [-0.25, -0.2) is 0 Å². The van der Waals surface area contributed by atoms with Crippen LogP contribution in [0, 0.1) is 0 Å². The molecule has 0 aromatic heterocycles. The van der Waals surface area contributed by atoms with Crippen LogP contribution in [0.1, 0.15) is 64.5 Å². The van der Waals surface area contributed by atoms with Gasteiger partial charge in [-0.15, -0.1) is 0 Å². The van der Waals surface area contributed by atoms with Crippen LogP contribution in [0.2, 0.25) is 0 Å². The summed E-state index contributed by atoms with van der Waals surface area (Å²) in [5.74, 6) is 1.29. The van der Waals surface area contributed by atoms with Crippen LogP contribution in [0.15, 0.2) is 48.5 Å². The van der Waals surface area contributed by atoms with Crippen molar-refractivity contribution in [2.45, 2.75) is 72.0 Å². The Labute approximate surface area is 198 Å². The molecule has 0 heterocycles. The van der Waals surface area contributed by atoms with E-state index in [-0.39, 0.29) is 36.9 Å². The molecule has 0 spiro atoms. The summed E-state index contributed by atoms with van der Waals surface area (Å²) in [5.41, 5.74) is 1.94. The number of carbonyl (C=O) groups excluding carboxylic acids is 2. The van der Waals surface area contributed by atoms with E-state index in [1.807, 2.05) is 69.3 Å². The Bertz CT molecular complexity index is 912. The van der Waals surface area contributed by atoms with Gasteiger partial charge in [0.2, 0.25) is 5.91 Å². The summed E-state index contributed by atoms with van der Waals surface area (Å²) in [4.78, 5) is 28.1. The molecule has 2 aromatic rings. The van der Waals surface area contributed by atoms with E-state index in [9.17, 15) is 9.59 Å². The normalized spacial score (nSPS) is 12.7. The Balaban J connectivity index is 2.28. The number of methoxy groups -OCH3 is 1. The molecule has 0 aliphatic rings. The number of nitrogens with zero attached hydrogens (tertiary/aromatic N) is 1. The Morgan fingerprint density at radius 3 is 2.36 bits per heavy atom. The van der Waals surface area contributed by atoms with Crippen molar-refractivity contribution in [1.29, 1.82) is 0 Å². The second-order valence-electron chi connectivity index (χ2n) is 8.60. The standard InChI is InChI=1S/C27H38N2O4/c1-7-20(5)28-27(31)24(8-2)29(17-21-12-11-13-22(16-21)32-6)26(30)18-33-25-15-10-9-14-23(25)19(3)4/h9-16,19-20,24H,7-8,17-18H2,1-6H3,(H,28,31). The van der Waals surface area contributed by atoms with Gasteiger partial charge in [0.1, 0.15) is 17.5 Å². The molecule has 6 heteroatoms. The van der Waals surface area contributed by atoms with E-state index >= 15 is 0 Å². The van der Waals surface area contributed by atoms with Crippen molar-refractivity contribution in [2.24, 2.45) is 0 Å². The largest absolute Gasteiger partial charge is 0.497 e. The first-order valence-electron chi connectivity index (χ1n) is 11.7. The molecule has 2 atom stereocenters. The zero-order valence-electron chi connectivity index (χ0n) is 20.8. The summed E-state index contributed by atoms with van der Waals surface area (Å²) in [6.07, 6.45) is 1.32. The van der Waals surface area contributed by atoms with Gasteiger partial charge in [-0.1, -0.05) is 58.0 Å². The summed E-state index contributed by atoms with van der Waals surface area (Å²) < 4.78 is 11.3. The number of ether oxygens (including phenoxy) is 2. The quantitative estimate of drug-likeness (QED) is 0.494. The van der Waals surface area contributed by atoms with Gasteiger partial charge < -0.3 is 19.7 Å². The molecular weight excluding hydrogens is 416 g/mol. The van der Waals surface area contributed by atoms with Gasteiger partial charge in [-0.2, -0.15) is 0 Å². The van der Waals surface area contributed by atoms with Crippen LogP contribution in [-0.2, 0) is 16.1 Å². The van der Waals surface area contributed by atoms with Crippen molar-refractivity contribution in [3.8, 4) is 11.5 Å². The molecule has 0 radical (unpaired) electrons. The molecule has 2 amide bonds. The SMILES string of the molecule is CCC(C)NC(=O)C(CC)N(Cc1cccc(OC)c1)C(=O)COc1ccccc1C(C)C. The van der Waals surface area contributed by atoms with Gasteiger partial charge in [0.25, 0.3) is 5.91 Å². The van der Waals surface area contributed by atoms with Crippen LogP contribution in [0.25, 0.3) is 0 Å². The summed E-state index contributed by atoms with van der Waals surface area (Å²) in [6.45, 7) is 10.2. The number of rotatable bonds is 12. The van der Waals surface area contributed by atoms with Crippen LogP contribution < -0.4 is 14.8 Å². The van der Waals surface area contributed by atoms with Crippen molar-refractivity contribution in [1.82, 2.24) is 10.2 Å². The molecule has 180 valence electrons. The Kier molecular flexibility index (Phi) is 10.2. The van der Waals surface area contributed by atoms with E-state index in [1.165, 1.54) is 0 Å². The number of para-hydroxylation sites is 1. The number of carbonyl (C=O) groups is 2. The lowest BCUT2D eigenvalue weighted by Gasteiger charge is -2.31. The van der Waals surface area contributed by atoms with E-state index in [0.717, 1.165) is 17.5 Å². The van der Waals surface area contributed by atoms with Crippen LogP contribution in [0.4, 0.5) is 0 Å². The molecule has 0 saturated carbocycles. The van der Waals surface area contributed by atoms with Crippen molar-refractivity contribution in [3.63, 3.8) is 0 Å².